The topological polar surface area (TPSA) is 99.6 Å². The number of rotatable bonds is 8. The Morgan fingerprint density at radius 2 is 2.15 bits per heavy atom. The highest BCUT2D eigenvalue weighted by atomic mass is 32.2. The number of nitrogens with zero attached hydrogens (tertiary/aromatic N) is 6. The van der Waals surface area contributed by atoms with E-state index in [2.05, 4.69) is 27.1 Å². The Labute approximate surface area is 157 Å². The van der Waals surface area contributed by atoms with Crippen LogP contribution in [0, 0.1) is 0 Å². The van der Waals surface area contributed by atoms with Crippen molar-refractivity contribution in [1.82, 2.24) is 28.9 Å². The number of hydrogen-bond acceptors (Lipinski definition) is 8. The van der Waals surface area contributed by atoms with Crippen LogP contribution < -0.4 is 16.6 Å². The Hall–Kier alpha value is -2.40. The van der Waals surface area contributed by atoms with E-state index < -0.39 is 0 Å². The second-order valence-electron chi connectivity index (χ2n) is 5.57. The van der Waals surface area contributed by atoms with Gasteiger partial charge >= 0.3 is 5.69 Å². The summed E-state index contributed by atoms with van der Waals surface area (Å²) in [6.45, 7) is 4.63. The van der Waals surface area contributed by atoms with E-state index in [1.807, 2.05) is 0 Å². The highest BCUT2D eigenvalue weighted by molar-refractivity contribution is 8.01. The molecule has 3 heterocycles. The van der Waals surface area contributed by atoms with Gasteiger partial charge in [0.2, 0.25) is 5.13 Å². The van der Waals surface area contributed by atoms with Gasteiger partial charge in [-0.2, -0.15) is 0 Å². The number of imidazole rings is 1. The number of aromatic nitrogens is 6. The predicted molar refractivity (Wildman–Crippen MR) is 104 cm³/mol. The van der Waals surface area contributed by atoms with Gasteiger partial charge in [0.25, 0.3) is 5.56 Å². The monoisotopic (exact) mass is 393 g/mol. The molecule has 0 aliphatic rings. The molecule has 1 N–H and O–H groups in total. The van der Waals surface area contributed by atoms with Crippen molar-refractivity contribution in [2.45, 2.75) is 17.3 Å². The summed E-state index contributed by atoms with van der Waals surface area (Å²) in [5.74, 6) is 0.731. The molecule has 0 unspecified atom stereocenters. The molecule has 0 spiro atoms. The molecule has 0 amide bonds. The third-order valence-corrected chi connectivity index (χ3v) is 5.86. The van der Waals surface area contributed by atoms with Crippen LogP contribution in [0.25, 0.3) is 11.2 Å². The minimum Gasteiger partial charge on any atom is -0.357 e. The quantitative estimate of drug-likeness (QED) is 0.347. The molecular weight excluding hydrogens is 374 g/mol. The molecule has 0 fully saturated rings. The molecule has 11 heteroatoms. The van der Waals surface area contributed by atoms with Crippen molar-refractivity contribution in [1.29, 1.82) is 0 Å². The van der Waals surface area contributed by atoms with Gasteiger partial charge in [-0.15, -0.1) is 16.8 Å². The normalized spacial score (nSPS) is 11.2. The van der Waals surface area contributed by atoms with Crippen molar-refractivity contribution in [2.75, 3.05) is 17.6 Å². The standard InChI is InChI=1S/C15H19N7O2S2/c1-4-6-16-13-18-19-14(26-13)25-8-5-7-22-12(23)10-11(17-9-20(10)2)21(3)15(22)24/h4,9H,1,5-8H2,2-3H3,(H,16,18). The fourth-order valence-corrected chi connectivity index (χ4v) is 4.23. The minimum atomic E-state index is -0.349. The summed E-state index contributed by atoms with van der Waals surface area (Å²) in [6.07, 6.45) is 3.96. The Kier molecular flexibility index (Phi) is 5.57. The summed E-state index contributed by atoms with van der Waals surface area (Å²) in [5.41, 5.74) is 0.182. The fraction of sp³-hybridized carbons (Fsp3) is 0.400. The van der Waals surface area contributed by atoms with E-state index >= 15 is 0 Å². The highest BCUT2D eigenvalue weighted by Crippen LogP contribution is 2.25. The Bertz CT molecular complexity index is 1050. The van der Waals surface area contributed by atoms with Crippen LogP contribution in [0.3, 0.4) is 0 Å². The number of thioether (sulfide) groups is 1. The Balaban J connectivity index is 1.66. The van der Waals surface area contributed by atoms with Crippen molar-refractivity contribution < 1.29 is 0 Å². The number of anilines is 1. The van der Waals surface area contributed by atoms with E-state index in [9.17, 15) is 9.59 Å². The summed E-state index contributed by atoms with van der Waals surface area (Å²) in [4.78, 5) is 29.1. The number of hydrogen-bond donors (Lipinski definition) is 1. The molecule has 0 aliphatic carbocycles. The molecule has 0 bridgehead atoms. The first-order valence-electron chi connectivity index (χ1n) is 7.95. The number of nitrogens with one attached hydrogen (secondary N) is 1. The molecule has 0 aliphatic heterocycles. The van der Waals surface area contributed by atoms with Crippen molar-refractivity contribution in [2.24, 2.45) is 14.1 Å². The second-order valence-corrected chi connectivity index (χ2v) is 7.89. The van der Waals surface area contributed by atoms with Crippen molar-refractivity contribution in [3.63, 3.8) is 0 Å². The van der Waals surface area contributed by atoms with Crippen LogP contribution in [0.1, 0.15) is 6.42 Å². The molecule has 3 aromatic rings. The van der Waals surface area contributed by atoms with Gasteiger partial charge in [0.1, 0.15) is 0 Å². The molecule has 3 rings (SSSR count). The highest BCUT2D eigenvalue weighted by Gasteiger charge is 2.14. The fourth-order valence-electron chi connectivity index (χ4n) is 2.47. The smallest absolute Gasteiger partial charge is 0.332 e. The average molecular weight is 393 g/mol. The molecule has 0 atom stereocenters. The Morgan fingerprint density at radius 3 is 2.92 bits per heavy atom. The van der Waals surface area contributed by atoms with Crippen LogP contribution in [-0.2, 0) is 20.6 Å². The van der Waals surface area contributed by atoms with Crippen LogP contribution >= 0.6 is 23.1 Å². The van der Waals surface area contributed by atoms with Gasteiger partial charge in [0, 0.05) is 32.9 Å². The van der Waals surface area contributed by atoms with E-state index in [1.165, 1.54) is 20.5 Å². The Morgan fingerprint density at radius 1 is 1.35 bits per heavy atom. The van der Waals surface area contributed by atoms with Crippen molar-refractivity contribution in [3.8, 4) is 0 Å². The van der Waals surface area contributed by atoms with Crippen LogP contribution in [0.5, 0.6) is 0 Å². The van der Waals surface area contributed by atoms with E-state index in [4.69, 9.17) is 0 Å². The van der Waals surface area contributed by atoms with Crippen LogP contribution in [0.4, 0.5) is 5.13 Å². The zero-order chi connectivity index (χ0) is 18.7. The summed E-state index contributed by atoms with van der Waals surface area (Å²) in [5, 5.41) is 12.0. The van der Waals surface area contributed by atoms with Gasteiger partial charge in [0.05, 0.1) is 6.33 Å². The molecule has 0 radical (unpaired) electrons. The SMILES string of the molecule is C=CCNc1nnc(SCCCn2c(=O)c3c(ncn3C)n(C)c2=O)s1. The zero-order valence-electron chi connectivity index (χ0n) is 14.5. The van der Waals surface area contributed by atoms with Crippen LogP contribution in [-0.4, -0.2) is 41.2 Å². The lowest BCUT2D eigenvalue weighted by molar-refractivity contribution is 0.594. The maximum atomic E-state index is 12.6. The van der Waals surface area contributed by atoms with E-state index in [-0.39, 0.29) is 11.2 Å². The molecule has 0 saturated carbocycles. The molecular formula is C15H19N7O2S2. The maximum absolute atomic E-state index is 12.6. The van der Waals surface area contributed by atoms with Gasteiger partial charge in [-0.3, -0.25) is 13.9 Å². The van der Waals surface area contributed by atoms with E-state index in [0.717, 1.165) is 15.2 Å². The average Bonchev–Trinajstić information content (AvgIpc) is 3.24. The molecule has 0 aromatic carbocycles. The molecule has 26 heavy (non-hydrogen) atoms. The first-order valence-corrected chi connectivity index (χ1v) is 9.75. The largest absolute Gasteiger partial charge is 0.357 e. The first-order chi connectivity index (χ1) is 12.5. The van der Waals surface area contributed by atoms with E-state index in [1.54, 1.807) is 42.8 Å². The summed E-state index contributed by atoms with van der Waals surface area (Å²) in [7, 11) is 3.37. The molecule has 138 valence electrons. The number of fused-ring (bicyclic) bond motifs is 1. The second kappa shape index (κ2) is 7.87. The lowest BCUT2D eigenvalue weighted by Crippen LogP contribution is -2.39. The molecule has 3 aromatic heterocycles. The van der Waals surface area contributed by atoms with Gasteiger partial charge in [-0.1, -0.05) is 29.2 Å². The lowest BCUT2D eigenvalue weighted by atomic mass is 10.4. The van der Waals surface area contributed by atoms with Crippen molar-refractivity contribution in [3.05, 3.63) is 39.8 Å². The van der Waals surface area contributed by atoms with Gasteiger partial charge in [-0.25, -0.2) is 9.78 Å². The summed E-state index contributed by atoms with van der Waals surface area (Å²) in [6, 6.07) is 0. The zero-order valence-corrected chi connectivity index (χ0v) is 16.1. The van der Waals surface area contributed by atoms with Crippen molar-refractivity contribution >= 4 is 39.4 Å². The lowest BCUT2D eigenvalue weighted by Gasteiger charge is -2.08. The predicted octanol–water partition coefficient (Wildman–Crippen LogP) is 1.07. The third-order valence-electron chi connectivity index (χ3n) is 3.76. The minimum absolute atomic E-state index is 0.306. The number of aryl methyl sites for hydroxylation is 2. The van der Waals surface area contributed by atoms with Gasteiger partial charge in [-0.05, 0) is 6.42 Å². The van der Waals surface area contributed by atoms with Gasteiger partial charge < -0.3 is 9.88 Å². The summed E-state index contributed by atoms with van der Waals surface area (Å²) >= 11 is 3.02. The first kappa shape index (κ1) is 18.4. The van der Waals surface area contributed by atoms with Crippen LogP contribution in [0.15, 0.2) is 32.9 Å². The summed E-state index contributed by atoms with van der Waals surface area (Å²) < 4.78 is 5.16. The molecule has 0 saturated heterocycles. The molecule has 9 nitrogen and oxygen atoms in total. The maximum Gasteiger partial charge on any atom is 0.332 e. The van der Waals surface area contributed by atoms with Crippen LogP contribution in [0.2, 0.25) is 0 Å². The van der Waals surface area contributed by atoms with E-state index in [0.29, 0.717) is 30.7 Å². The van der Waals surface area contributed by atoms with Gasteiger partial charge in [0.15, 0.2) is 15.5 Å². The third kappa shape index (κ3) is 3.58.